The second-order valence-corrected chi connectivity index (χ2v) is 3.77. The average Bonchev–Trinajstić information content (AvgIpc) is 2.37. The first-order chi connectivity index (χ1) is 8.36. The van der Waals surface area contributed by atoms with Crippen LogP contribution in [0.2, 0.25) is 0 Å². The molecule has 4 heteroatoms. The van der Waals surface area contributed by atoms with Crippen molar-refractivity contribution in [1.82, 2.24) is 5.32 Å². The van der Waals surface area contributed by atoms with E-state index in [1.54, 1.807) is 13.2 Å². The van der Waals surface area contributed by atoms with E-state index in [1.807, 2.05) is 12.1 Å². The number of rotatable bonds is 9. The molecule has 0 radical (unpaired) electrons. The molecule has 102 valence electrons. The van der Waals surface area contributed by atoms with E-state index < -0.39 is 0 Å². The van der Waals surface area contributed by atoms with Crippen LogP contribution in [-0.4, -0.2) is 26.9 Å². The Labute approximate surface area is 116 Å². The van der Waals surface area contributed by atoms with Gasteiger partial charge in [0.15, 0.2) is 0 Å². The molecule has 0 saturated carbocycles. The van der Waals surface area contributed by atoms with Crippen LogP contribution in [0.5, 0.6) is 5.75 Å². The van der Waals surface area contributed by atoms with E-state index >= 15 is 0 Å². The van der Waals surface area contributed by atoms with Gasteiger partial charge in [0.2, 0.25) is 0 Å². The smallest absolute Gasteiger partial charge is 0.119 e. The third kappa shape index (κ3) is 7.33. The van der Waals surface area contributed by atoms with Gasteiger partial charge in [0.25, 0.3) is 0 Å². The van der Waals surface area contributed by atoms with E-state index in [1.165, 1.54) is 5.56 Å². The minimum atomic E-state index is 0. The number of hydrogen-bond acceptors (Lipinski definition) is 3. The zero-order valence-corrected chi connectivity index (χ0v) is 11.7. The zero-order chi connectivity index (χ0) is 12.3. The van der Waals surface area contributed by atoms with Crippen LogP contribution in [0, 0.1) is 0 Å². The summed E-state index contributed by atoms with van der Waals surface area (Å²) >= 11 is 0. The van der Waals surface area contributed by atoms with E-state index in [9.17, 15) is 0 Å². The molecule has 1 rings (SSSR count). The second-order valence-electron chi connectivity index (χ2n) is 3.77. The molecule has 0 saturated heterocycles. The molecule has 0 aliphatic heterocycles. The van der Waals surface area contributed by atoms with E-state index in [-0.39, 0.29) is 12.4 Å². The third-order valence-electron chi connectivity index (χ3n) is 2.32. The molecule has 0 unspecified atom stereocenters. The van der Waals surface area contributed by atoms with E-state index in [4.69, 9.17) is 9.47 Å². The minimum Gasteiger partial charge on any atom is -0.490 e. The van der Waals surface area contributed by atoms with Crippen LogP contribution >= 0.6 is 12.4 Å². The fraction of sp³-hybridized carbons (Fsp3) is 0.429. The first-order valence-electron chi connectivity index (χ1n) is 5.89. The molecule has 0 aliphatic rings. The molecule has 0 aliphatic carbocycles. The number of nitrogens with one attached hydrogen (secondary N) is 1. The lowest BCUT2D eigenvalue weighted by Crippen LogP contribution is -2.15. The van der Waals surface area contributed by atoms with Gasteiger partial charge in [-0.2, -0.15) is 0 Å². The molecule has 1 aromatic rings. The van der Waals surface area contributed by atoms with Crippen molar-refractivity contribution in [1.29, 1.82) is 0 Å². The maximum absolute atomic E-state index is 5.41. The molecule has 18 heavy (non-hydrogen) atoms. The molecule has 1 N–H and O–H groups in total. The maximum atomic E-state index is 5.41. The molecule has 3 nitrogen and oxygen atoms in total. The summed E-state index contributed by atoms with van der Waals surface area (Å²) < 4.78 is 10.4. The van der Waals surface area contributed by atoms with Crippen molar-refractivity contribution in [3.05, 3.63) is 42.5 Å². The molecular weight excluding hydrogens is 250 g/mol. The first-order valence-corrected chi connectivity index (χ1v) is 5.89. The predicted molar refractivity (Wildman–Crippen MR) is 77.6 cm³/mol. The average molecular weight is 272 g/mol. The van der Waals surface area contributed by atoms with Gasteiger partial charge < -0.3 is 14.8 Å². The zero-order valence-electron chi connectivity index (χ0n) is 10.9. The SMILES string of the molecule is C=CCOc1ccc(CNCCCOC)cc1.Cl. The van der Waals surface area contributed by atoms with E-state index in [2.05, 4.69) is 24.0 Å². The van der Waals surface area contributed by atoms with Crippen molar-refractivity contribution in [2.24, 2.45) is 0 Å². The summed E-state index contributed by atoms with van der Waals surface area (Å²) in [5.41, 5.74) is 1.26. The monoisotopic (exact) mass is 271 g/mol. The Bertz CT molecular complexity index is 314. The van der Waals surface area contributed by atoms with Crippen LogP contribution in [0.4, 0.5) is 0 Å². The molecule has 1 aromatic carbocycles. The van der Waals surface area contributed by atoms with Crippen molar-refractivity contribution >= 4 is 12.4 Å². The van der Waals surface area contributed by atoms with E-state index in [0.717, 1.165) is 31.9 Å². The topological polar surface area (TPSA) is 30.5 Å². The lowest BCUT2D eigenvalue weighted by molar-refractivity contribution is 0.194. The standard InChI is InChI=1S/C14H21NO2.ClH/c1-3-10-17-14-7-5-13(6-8-14)12-15-9-4-11-16-2;/h3,5-8,15H,1,4,9-12H2,2H3;1H. The number of benzene rings is 1. The van der Waals surface area contributed by atoms with Crippen molar-refractivity contribution in [2.75, 3.05) is 26.9 Å². The highest BCUT2D eigenvalue weighted by Crippen LogP contribution is 2.11. The van der Waals surface area contributed by atoms with Crippen molar-refractivity contribution in [3.63, 3.8) is 0 Å². The van der Waals surface area contributed by atoms with Crippen LogP contribution in [0.3, 0.4) is 0 Å². The van der Waals surface area contributed by atoms with Gasteiger partial charge in [0.1, 0.15) is 12.4 Å². The molecule has 0 atom stereocenters. The molecule has 0 spiro atoms. The van der Waals surface area contributed by atoms with Gasteiger partial charge in [-0.15, -0.1) is 12.4 Å². The van der Waals surface area contributed by atoms with Gasteiger partial charge in [0, 0.05) is 20.3 Å². The summed E-state index contributed by atoms with van der Waals surface area (Å²) in [4.78, 5) is 0. The maximum Gasteiger partial charge on any atom is 0.119 e. The predicted octanol–water partition coefficient (Wildman–Crippen LogP) is 2.80. The van der Waals surface area contributed by atoms with Crippen molar-refractivity contribution in [2.45, 2.75) is 13.0 Å². The van der Waals surface area contributed by atoms with E-state index in [0.29, 0.717) is 6.61 Å². The normalized spacial score (nSPS) is 9.61. The summed E-state index contributed by atoms with van der Waals surface area (Å²) in [6, 6.07) is 8.11. The highest BCUT2D eigenvalue weighted by atomic mass is 35.5. The number of methoxy groups -OCH3 is 1. The number of halogens is 1. The molecular formula is C14H22ClNO2. The lowest BCUT2D eigenvalue weighted by Gasteiger charge is -2.06. The van der Waals surface area contributed by atoms with Gasteiger partial charge >= 0.3 is 0 Å². The minimum absolute atomic E-state index is 0. The Balaban J connectivity index is 0.00000289. The van der Waals surface area contributed by atoms with Gasteiger partial charge in [-0.25, -0.2) is 0 Å². The Morgan fingerprint density at radius 1 is 1.28 bits per heavy atom. The van der Waals surface area contributed by atoms with Crippen LogP contribution in [0.25, 0.3) is 0 Å². The highest BCUT2D eigenvalue weighted by molar-refractivity contribution is 5.85. The summed E-state index contributed by atoms with van der Waals surface area (Å²) in [6.07, 6.45) is 2.78. The molecule has 0 fully saturated rings. The fourth-order valence-electron chi connectivity index (χ4n) is 1.43. The summed E-state index contributed by atoms with van der Waals surface area (Å²) in [5, 5.41) is 3.36. The first kappa shape index (κ1) is 17.0. The van der Waals surface area contributed by atoms with Crippen molar-refractivity contribution < 1.29 is 9.47 Å². The summed E-state index contributed by atoms with van der Waals surface area (Å²) in [7, 11) is 1.72. The van der Waals surface area contributed by atoms with Crippen molar-refractivity contribution in [3.8, 4) is 5.75 Å². The Morgan fingerprint density at radius 2 is 2.00 bits per heavy atom. The van der Waals surface area contributed by atoms with Crippen LogP contribution in [0.1, 0.15) is 12.0 Å². The van der Waals surface area contributed by atoms with Gasteiger partial charge in [0.05, 0.1) is 0 Å². The molecule has 0 heterocycles. The molecule has 0 aromatic heterocycles. The molecule has 0 amide bonds. The number of hydrogen-bond donors (Lipinski definition) is 1. The third-order valence-corrected chi connectivity index (χ3v) is 2.32. The van der Waals surface area contributed by atoms with Crippen LogP contribution in [0.15, 0.2) is 36.9 Å². The van der Waals surface area contributed by atoms with Gasteiger partial charge in [-0.1, -0.05) is 24.8 Å². The highest BCUT2D eigenvalue weighted by Gasteiger charge is 1.95. The largest absolute Gasteiger partial charge is 0.490 e. The fourth-order valence-corrected chi connectivity index (χ4v) is 1.43. The summed E-state index contributed by atoms with van der Waals surface area (Å²) in [6.45, 7) is 6.83. The lowest BCUT2D eigenvalue weighted by atomic mass is 10.2. The van der Waals surface area contributed by atoms with Crippen LogP contribution < -0.4 is 10.1 Å². The Hall–Kier alpha value is -1.03. The summed E-state index contributed by atoms with van der Waals surface area (Å²) in [5.74, 6) is 0.882. The van der Waals surface area contributed by atoms with Gasteiger partial charge in [-0.05, 0) is 30.7 Å². The Kier molecular flexibility index (Phi) is 10.4. The second kappa shape index (κ2) is 11.1. The Morgan fingerprint density at radius 3 is 2.61 bits per heavy atom. The van der Waals surface area contributed by atoms with Crippen LogP contribution in [-0.2, 0) is 11.3 Å². The van der Waals surface area contributed by atoms with Gasteiger partial charge in [-0.3, -0.25) is 0 Å². The quantitative estimate of drug-likeness (QED) is 0.553. The molecule has 0 bridgehead atoms. The number of ether oxygens (including phenoxy) is 2.